The predicted molar refractivity (Wildman–Crippen MR) is 115 cm³/mol. The van der Waals surface area contributed by atoms with Gasteiger partial charge in [-0.1, -0.05) is 30.3 Å². The summed E-state index contributed by atoms with van der Waals surface area (Å²) in [4.78, 5) is 42.6. The summed E-state index contributed by atoms with van der Waals surface area (Å²) in [6, 6.07) is 17.3. The van der Waals surface area contributed by atoms with E-state index in [0.717, 1.165) is 11.4 Å². The molecule has 5 rings (SSSR count). The van der Waals surface area contributed by atoms with Crippen LogP contribution in [0.15, 0.2) is 65.1 Å². The number of imide groups is 1. The van der Waals surface area contributed by atoms with Crippen molar-refractivity contribution >= 4 is 40.6 Å². The number of aryl methyl sites for hydroxylation is 2. The number of amides is 2. The van der Waals surface area contributed by atoms with Crippen molar-refractivity contribution in [1.82, 2.24) is 15.0 Å². The molecular formula is C23H19N5O3. The molecule has 0 spiro atoms. The van der Waals surface area contributed by atoms with E-state index >= 15 is 0 Å². The van der Waals surface area contributed by atoms with Crippen molar-refractivity contribution in [2.75, 3.05) is 9.80 Å². The summed E-state index contributed by atoms with van der Waals surface area (Å²) in [7, 11) is 0. The number of para-hydroxylation sites is 3. The van der Waals surface area contributed by atoms with Gasteiger partial charge in [0, 0.05) is 11.4 Å². The van der Waals surface area contributed by atoms with E-state index in [2.05, 4.69) is 15.0 Å². The fraction of sp³-hybridized carbons (Fsp3) is 0.174. The highest BCUT2D eigenvalue weighted by Crippen LogP contribution is 2.34. The molecule has 154 valence electrons. The van der Waals surface area contributed by atoms with Crippen molar-refractivity contribution in [1.29, 1.82) is 0 Å². The van der Waals surface area contributed by atoms with Crippen LogP contribution in [0.4, 0.5) is 17.7 Å². The molecule has 1 aliphatic heterocycles. The van der Waals surface area contributed by atoms with E-state index in [1.165, 1.54) is 9.80 Å². The molecule has 31 heavy (non-hydrogen) atoms. The van der Waals surface area contributed by atoms with Gasteiger partial charge in [0.2, 0.25) is 11.9 Å². The molecular weight excluding hydrogens is 394 g/mol. The maximum Gasteiger partial charge on any atom is 0.306 e. The van der Waals surface area contributed by atoms with Gasteiger partial charge in [-0.3, -0.25) is 14.5 Å². The Morgan fingerprint density at radius 3 is 2.32 bits per heavy atom. The number of nitrogens with zero attached hydrogens (tertiary/aromatic N) is 5. The molecule has 1 fully saturated rings. The molecule has 0 N–H and O–H groups in total. The van der Waals surface area contributed by atoms with E-state index in [9.17, 15) is 9.59 Å². The number of hydrogen-bond acceptors (Lipinski definition) is 7. The van der Waals surface area contributed by atoms with Crippen LogP contribution in [0.5, 0.6) is 0 Å². The van der Waals surface area contributed by atoms with Gasteiger partial charge < -0.3 is 4.42 Å². The van der Waals surface area contributed by atoms with E-state index in [0.29, 0.717) is 16.8 Å². The first-order valence-electron chi connectivity index (χ1n) is 9.90. The quantitative estimate of drug-likeness (QED) is 0.471. The van der Waals surface area contributed by atoms with Gasteiger partial charge in [0.1, 0.15) is 11.6 Å². The predicted octanol–water partition coefficient (Wildman–Crippen LogP) is 3.70. The molecule has 0 radical (unpaired) electrons. The van der Waals surface area contributed by atoms with Gasteiger partial charge in [0.25, 0.3) is 5.91 Å². The minimum Gasteiger partial charge on any atom is -0.423 e. The van der Waals surface area contributed by atoms with Crippen molar-refractivity contribution in [2.24, 2.45) is 0 Å². The molecule has 8 heteroatoms. The number of anilines is 3. The Balaban J connectivity index is 1.64. The lowest BCUT2D eigenvalue weighted by molar-refractivity contribution is -0.121. The van der Waals surface area contributed by atoms with Gasteiger partial charge in [-0.25, -0.2) is 14.9 Å². The Bertz CT molecular complexity index is 1250. The molecule has 2 aromatic heterocycles. The van der Waals surface area contributed by atoms with Crippen LogP contribution in [0.1, 0.15) is 17.8 Å². The zero-order valence-corrected chi connectivity index (χ0v) is 17.0. The maximum atomic E-state index is 13.4. The topological polar surface area (TPSA) is 92.4 Å². The fourth-order valence-corrected chi connectivity index (χ4v) is 3.80. The van der Waals surface area contributed by atoms with E-state index in [-0.39, 0.29) is 30.2 Å². The van der Waals surface area contributed by atoms with Crippen molar-refractivity contribution in [3.63, 3.8) is 0 Å². The molecule has 0 aliphatic carbocycles. The van der Waals surface area contributed by atoms with Crippen LogP contribution < -0.4 is 9.80 Å². The molecule has 1 saturated heterocycles. The molecule has 0 bridgehead atoms. The average molecular weight is 413 g/mol. The highest BCUT2D eigenvalue weighted by molar-refractivity contribution is 6.23. The number of oxazole rings is 1. The highest BCUT2D eigenvalue weighted by atomic mass is 16.4. The minimum atomic E-state index is -0.873. The van der Waals surface area contributed by atoms with E-state index in [1.54, 1.807) is 30.3 Å². The van der Waals surface area contributed by atoms with E-state index in [1.807, 2.05) is 44.2 Å². The zero-order valence-electron chi connectivity index (χ0n) is 17.0. The van der Waals surface area contributed by atoms with Crippen LogP contribution in [0.2, 0.25) is 0 Å². The Hall–Kier alpha value is -4.07. The van der Waals surface area contributed by atoms with E-state index < -0.39 is 6.04 Å². The van der Waals surface area contributed by atoms with Gasteiger partial charge in [0.15, 0.2) is 5.58 Å². The lowest BCUT2D eigenvalue weighted by Crippen LogP contribution is -2.40. The van der Waals surface area contributed by atoms with Crippen molar-refractivity contribution < 1.29 is 14.0 Å². The molecule has 2 aromatic carbocycles. The SMILES string of the molecule is Cc1cc(C)nc(N(c2nc3ccccc3o2)C2CC(=O)N(c3ccccc3)C2=O)n1. The molecule has 8 nitrogen and oxygen atoms in total. The van der Waals surface area contributed by atoms with Crippen molar-refractivity contribution in [3.8, 4) is 0 Å². The largest absolute Gasteiger partial charge is 0.423 e. The summed E-state index contributed by atoms with van der Waals surface area (Å²) in [5.74, 6) is -0.405. The molecule has 0 saturated carbocycles. The summed E-state index contributed by atoms with van der Waals surface area (Å²) in [6.07, 6.45) is -0.0389. The monoisotopic (exact) mass is 413 g/mol. The first-order chi connectivity index (χ1) is 15.0. The smallest absolute Gasteiger partial charge is 0.306 e. The van der Waals surface area contributed by atoms with Crippen LogP contribution in [0, 0.1) is 13.8 Å². The second kappa shape index (κ2) is 7.32. The number of rotatable bonds is 4. The zero-order chi connectivity index (χ0) is 21.5. The summed E-state index contributed by atoms with van der Waals surface area (Å²) in [5.41, 5.74) is 3.21. The van der Waals surface area contributed by atoms with Gasteiger partial charge in [-0.05, 0) is 44.2 Å². The van der Waals surface area contributed by atoms with Gasteiger partial charge in [0.05, 0.1) is 12.1 Å². The summed E-state index contributed by atoms with van der Waals surface area (Å²) >= 11 is 0. The lowest BCUT2D eigenvalue weighted by Gasteiger charge is -2.24. The van der Waals surface area contributed by atoms with Gasteiger partial charge in [-0.2, -0.15) is 4.98 Å². The van der Waals surface area contributed by atoms with Crippen molar-refractivity contribution in [3.05, 3.63) is 72.1 Å². The molecule has 2 amide bonds. The fourth-order valence-electron chi connectivity index (χ4n) is 3.80. The average Bonchev–Trinajstić information content (AvgIpc) is 3.29. The summed E-state index contributed by atoms with van der Waals surface area (Å²) in [5, 5.41) is 0. The summed E-state index contributed by atoms with van der Waals surface area (Å²) in [6.45, 7) is 3.70. The van der Waals surface area contributed by atoms with Crippen LogP contribution >= 0.6 is 0 Å². The number of benzene rings is 2. The number of carbonyl (C=O) groups is 2. The third kappa shape index (κ3) is 3.31. The van der Waals surface area contributed by atoms with Crippen LogP contribution in [0.3, 0.4) is 0 Å². The second-order valence-electron chi connectivity index (χ2n) is 7.41. The summed E-state index contributed by atoms with van der Waals surface area (Å²) < 4.78 is 5.95. The van der Waals surface area contributed by atoms with Crippen LogP contribution in [0.25, 0.3) is 11.1 Å². The van der Waals surface area contributed by atoms with E-state index in [4.69, 9.17) is 4.42 Å². The molecule has 1 atom stereocenters. The second-order valence-corrected chi connectivity index (χ2v) is 7.41. The molecule has 1 unspecified atom stereocenters. The number of carbonyl (C=O) groups excluding carboxylic acids is 2. The molecule has 3 heterocycles. The Kier molecular flexibility index (Phi) is 4.47. The van der Waals surface area contributed by atoms with Gasteiger partial charge >= 0.3 is 6.01 Å². The van der Waals surface area contributed by atoms with Crippen LogP contribution in [-0.2, 0) is 9.59 Å². The number of hydrogen-bond donors (Lipinski definition) is 0. The Morgan fingerprint density at radius 2 is 1.61 bits per heavy atom. The van der Waals surface area contributed by atoms with Gasteiger partial charge in [-0.15, -0.1) is 0 Å². The number of fused-ring (bicyclic) bond motifs is 1. The normalized spacial score (nSPS) is 16.3. The molecule has 1 aliphatic rings. The highest BCUT2D eigenvalue weighted by Gasteiger charge is 2.45. The van der Waals surface area contributed by atoms with Crippen molar-refractivity contribution in [2.45, 2.75) is 26.3 Å². The standard InChI is InChI=1S/C23H19N5O3/c1-14-12-15(2)25-22(24-14)28(23-26-17-10-6-7-11-19(17)31-23)18-13-20(29)27(21(18)30)16-8-4-3-5-9-16/h3-12,18H,13H2,1-2H3. The first kappa shape index (κ1) is 18.9. The minimum absolute atomic E-state index is 0.0389. The third-order valence-corrected chi connectivity index (χ3v) is 5.12. The van der Waals surface area contributed by atoms with Crippen LogP contribution in [-0.4, -0.2) is 32.8 Å². The maximum absolute atomic E-state index is 13.4. The number of aromatic nitrogens is 3. The Morgan fingerprint density at radius 1 is 0.935 bits per heavy atom. The third-order valence-electron chi connectivity index (χ3n) is 5.12. The lowest BCUT2D eigenvalue weighted by atomic mass is 10.2. The Labute approximate surface area is 178 Å². The molecule has 4 aromatic rings. The first-order valence-corrected chi connectivity index (χ1v) is 9.90.